The van der Waals surface area contributed by atoms with Gasteiger partial charge in [0.2, 0.25) is 0 Å². The quantitative estimate of drug-likeness (QED) is 0.00787. The van der Waals surface area contributed by atoms with Gasteiger partial charge in [0, 0.05) is 185 Å². The van der Waals surface area contributed by atoms with E-state index in [9.17, 15) is 64.7 Å². The molecular formula is C98H81Cl6F6N15O12. The fourth-order valence-electron chi connectivity index (χ4n) is 13.6. The largest absolute Gasteiger partial charge is 0.573 e. The van der Waals surface area contributed by atoms with E-state index < -0.39 is 47.9 Å². The van der Waals surface area contributed by atoms with Crippen LogP contribution in [0.3, 0.4) is 0 Å². The molecule has 12 aromatic rings. The molecule has 0 unspecified atom stereocenters. The molecule has 15 rings (SSSR count). The number of Topliss-reactive ketones (excluding diaryl/α,β-unsaturated/α-hetero) is 4. The third kappa shape index (κ3) is 28.6. The van der Waals surface area contributed by atoms with E-state index in [1.807, 2.05) is 21.6 Å². The number of ketones is 4. The van der Waals surface area contributed by atoms with Gasteiger partial charge in [-0.3, -0.25) is 59.6 Å². The minimum absolute atomic E-state index is 0.0694. The number of alkyl halides is 6. The number of hydrogen-bond donors (Lipinski definition) is 7. The first kappa shape index (κ1) is 101. The molecule has 0 saturated carbocycles. The Bertz CT molecular complexity index is 6560. The molecule has 7 heterocycles. The number of halogens is 12. The van der Waals surface area contributed by atoms with Crippen LogP contribution in [0.2, 0.25) is 30.1 Å². The number of pyridine rings is 4. The number of anilines is 4. The van der Waals surface area contributed by atoms with Gasteiger partial charge in [-0.2, -0.15) is 0 Å². The Hall–Kier alpha value is -14.5. The molecule has 3 aliphatic rings. The highest BCUT2D eigenvalue weighted by Crippen LogP contribution is 2.35. The van der Waals surface area contributed by atoms with Gasteiger partial charge in [0.05, 0.1) is 34.3 Å². The highest BCUT2D eigenvalue weighted by atomic mass is 35.5. The lowest BCUT2D eigenvalue weighted by molar-refractivity contribution is -0.275. The molecule has 39 heteroatoms. The summed E-state index contributed by atoms with van der Waals surface area (Å²) >= 11 is 35.7. The number of carbonyl (C=O) groups is 8. The topological polar surface area (TPSA) is 367 Å². The van der Waals surface area contributed by atoms with Crippen LogP contribution in [0.4, 0.5) is 49.6 Å². The van der Waals surface area contributed by atoms with Crippen LogP contribution < -0.4 is 40.2 Å². The van der Waals surface area contributed by atoms with E-state index in [-0.39, 0.29) is 93.8 Å². The molecule has 0 spiro atoms. The van der Waals surface area contributed by atoms with Crippen LogP contribution in [-0.4, -0.2) is 178 Å². The fraction of sp³-hybridized carbons (Fsp3) is 0.184. The van der Waals surface area contributed by atoms with Crippen LogP contribution >= 0.6 is 69.6 Å². The van der Waals surface area contributed by atoms with Crippen molar-refractivity contribution >= 4 is 163 Å². The van der Waals surface area contributed by atoms with E-state index >= 15 is 0 Å². The smallest absolute Gasteiger partial charge is 0.496 e. The summed E-state index contributed by atoms with van der Waals surface area (Å²) < 4.78 is 95.1. The van der Waals surface area contributed by atoms with Crippen LogP contribution in [0, 0.1) is 16.2 Å². The zero-order chi connectivity index (χ0) is 98.5. The maximum atomic E-state index is 13.1. The molecule has 704 valence electrons. The summed E-state index contributed by atoms with van der Waals surface area (Å²) in [7, 11) is 4.57. The average molecular weight is 1990 g/mol. The lowest BCUT2D eigenvalue weighted by Crippen LogP contribution is -2.42. The highest BCUT2D eigenvalue weighted by Gasteiger charge is 2.35. The minimum atomic E-state index is -4.95. The number of rotatable bonds is 28. The molecule has 137 heavy (non-hydrogen) atoms. The van der Waals surface area contributed by atoms with Gasteiger partial charge in [0.1, 0.15) is 63.8 Å². The molecule has 0 atom stereocenters. The Morgan fingerprint density at radius 3 is 0.869 bits per heavy atom. The van der Waals surface area contributed by atoms with Gasteiger partial charge in [-0.25, -0.2) is 19.9 Å². The second-order valence-electron chi connectivity index (χ2n) is 30.5. The standard InChI is InChI=1S/C25H22Cl2N4O3.C25H20ClF3N4O3.C24H20Cl2N4O3.C24H19ClF3N3O3/c1-34-22-12-18(27)11-20(25(33)30-23-8-7-17(26)14-29-23)19(22)13-21(32)15-3-5-16(6-4-15)24(28)31-9-2-10-31;26-18-7-9-22(31-14-18)32-24(35)20-13-19(36-25(27,28)29)8-6-17(20)12-21(34)15-2-4-16(5-3-15)23(30)33-10-1-11-33;1-33-21-11-17(26)10-19(24(32)29-22-7-6-16(25)13-28-22)18(21)12-20(31)14-2-4-15(5-3-14)23(27)30-8-9-30;1-14(29-2)15-3-5-16(6-4-15)21(32)11-17-7-9-19(34-24(26,27)28)12-20(17)23(33)31-22-10-8-18(25)13-30-22/h3-8,11-12,14,28H,2,9-10,13H2,1H3,(H,29,30,33);2-9,13-14,30H,1,10-12H2,(H,31,32,35);2-7,10-11,13,27H,8-9,12H2,1H3,(H,28,29,32);3-10,12-13H,11H2,1-2H3,(H,30,31,33). The third-order valence-corrected chi connectivity index (χ3v) is 22.5. The van der Waals surface area contributed by atoms with E-state index in [0.717, 1.165) is 98.8 Å². The molecule has 27 nitrogen and oxygen atoms in total. The number of aromatic nitrogens is 4. The number of nitrogens with one attached hydrogen (secondary N) is 7. The van der Waals surface area contributed by atoms with Gasteiger partial charge < -0.3 is 54.9 Å². The summed E-state index contributed by atoms with van der Waals surface area (Å²) in [5.74, 6) is -1.85. The summed E-state index contributed by atoms with van der Waals surface area (Å²) in [6.45, 7) is 7.01. The predicted octanol–water partition coefficient (Wildman–Crippen LogP) is 20.9. The second-order valence-corrected chi connectivity index (χ2v) is 33.1. The predicted molar refractivity (Wildman–Crippen MR) is 512 cm³/mol. The van der Waals surface area contributed by atoms with Gasteiger partial charge in [0.25, 0.3) is 23.6 Å². The van der Waals surface area contributed by atoms with Crippen molar-refractivity contribution in [2.75, 3.05) is 81.8 Å². The summed E-state index contributed by atoms with van der Waals surface area (Å²) in [6.07, 6.45) is -2.92. The molecular weight excluding hydrogens is 1910 g/mol. The Balaban J connectivity index is 0.000000164. The normalized spacial score (nSPS) is 12.4. The van der Waals surface area contributed by atoms with Crippen LogP contribution in [-0.2, 0) is 25.7 Å². The number of amidine groups is 3. The second kappa shape index (κ2) is 46.2. The average Bonchev–Trinajstić information content (AvgIpc) is 1.67. The van der Waals surface area contributed by atoms with Gasteiger partial charge in [0.15, 0.2) is 23.1 Å². The molecule has 0 aliphatic carbocycles. The lowest BCUT2D eigenvalue weighted by atomic mass is 9.96. The van der Waals surface area contributed by atoms with E-state index in [2.05, 4.69) is 55.7 Å². The molecule has 3 fully saturated rings. The van der Waals surface area contributed by atoms with Crippen LogP contribution in [0.1, 0.15) is 147 Å². The summed E-state index contributed by atoms with van der Waals surface area (Å²) in [4.78, 5) is 130. The first-order valence-electron chi connectivity index (χ1n) is 41.6. The number of aliphatic imine (C=N–C) groups is 1. The molecule has 7 N–H and O–H groups in total. The van der Waals surface area contributed by atoms with E-state index in [1.54, 1.807) is 141 Å². The zero-order valence-corrected chi connectivity index (χ0v) is 77.5. The molecule has 8 aromatic carbocycles. The Kier molecular flexibility index (Phi) is 34.2. The first-order chi connectivity index (χ1) is 65.3. The maximum absolute atomic E-state index is 13.1. The first-order valence-corrected chi connectivity index (χ1v) is 43.8. The van der Waals surface area contributed by atoms with Crippen LogP contribution in [0.25, 0.3) is 0 Å². The van der Waals surface area contributed by atoms with Gasteiger partial charge >= 0.3 is 12.7 Å². The number of amides is 4. The lowest BCUT2D eigenvalue weighted by Gasteiger charge is -2.33. The number of methoxy groups -OCH3 is 2. The van der Waals surface area contributed by atoms with Gasteiger partial charge in [-0.1, -0.05) is 179 Å². The van der Waals surface area contributed by atoms with E-state index in [4.69, 9.17) is 95.3 Å². The number of likely N-dealkylation sites (tertiary alicyclic amines) is 2. The fourth-order valence-corrected chi connectivity index (χ4v) is 14.4. The Morgan fingerprint density at radius 1 is 0.350 bits per heavy atom. The number of hydrogen-bond acceptors (Lipinski definition) is 20. The summed E-state index contributed by atoms with van der Waals surface area (Å²) in [6, 6.07) is 51.9. The van der Waals surface area contributed by atoms with Crippen molar-refractivity contribution in [2.24, 2.45) is 4.99 Å². The number of carbonyl (C=O) groups excluding carboxylic acids is 8. The molecule has 4 amide bonds. The van der Waals surface area contributed by atoms with Gasteiger partial charge in [-0.05, 0) is 134 Å². The Morgan fingerprint density at radius 2 is 0.620 bits per heavy atom. The van der Waals surface area contributed by atoms with Crippen molar-refractivity contribution in [1.29, 1.82) is 16.2 Å². The molecule has 3 saturated heterocycles. The van der Waals surface area contributed by atoms with E-state index in [0.29, 0.717) is 110 Å². The van der Waals surface area contributed by atoms with Crippen LogP contribution in [0.15, 0.2) is 236 Å². The number of ether oxygens (including phenoxy) is 4. The van der Waals surface area contributed by atoms with Crippen molar-refractivity contribution in [3.63, 3.8) is 0 Å². The van der Waals surface area contributed by atoms with E-state index in [1.165, 1.54) is 87.5 Å². The third-order valence-electron chi connectivity index (χ3n) is 21.2. The minimum Gasteiger partial charge on any atom is -0.496 e. The maximum Gasteiger partial charge on any atom is 0.573 e. The number of nitrogens with zero attached hydrogens (tertiary/aromatic N) is 8. The molecule has 3 aliphatic heterocycles. The molecule has 0 bridgehead atoms. The number of benzene rings is 8. The summed E-state index contributed by atoms with van der Waals surface area (Å²) in [5.41, 5.74) is 6.88. The molecule has 4 aromatic heterocycles. The van der Waals surface area contributed by atoms with Crippen molar-refractivity contribution < 1.29 is 83.6 Å². The van der Waals surface area contributed by atoms with Crippen molar-refractivity contribution in [3.05, 3.63) is 350 Å². The van der Waals surface area contributed by atoms with Crippen molar-refractivity contribution in [1.82, 2.24) is 34.6 Å². The Labute approximate surface area is 810 Å². The van der Waals surface area contributed by atoms with Crippen molar-refractivity contribution in [3.8, 4) is 23.0 Å². The van der Waals surface area contributed by atoms with Gasteiger partial charge in [-0.15, -0.1) is 26.3 Å². The SMILES string of the molecule is CN=C(C)c1ccc(C(=O)Cc2ccc(OC(F)(F)F)cc2C(=O)Nc2ccc(Cl)cn2)cc1.COc1cc(Cl)cc(C(=O)Nc2ccc(Cl)cn2)c1CC(=O)c1ccc(C(=N)N2CC2)cc1.COc1cc(Cl)cc(C(=O)Nc2ccc(Cl)cn2)c1CC(=O)c1ccc(C(=N)N2CCC2)cc1.N=C(c1ccc(C(=O)Cc2ccc(OC(F)(F)F)cc2C(=O)Nc2ccc(Cl)cn2)cc1)N1CCC1. The van der Waals surface area contributed by atoms with Crippen molar-refractivity contribution in [2.45, 2.75) is 58.2 Å². The highest BCUT2D eigenvalue weighted by molar-refractivity contribution is 6.33. The zero-order valence-electron chi connectivity index (χ0n) is 72.9. The summed E-state index contributed by atoms with van der Waals surface area (Å²) in [5, 5.41) is 37.1. The monoisotopic (exact) mass is 1980 g/mol. The van der Waals surface area contributed by atoms with Crippen LogP contribution in [0.5, 0.6) is 23.0 Å². The molecule has 0 radical (unpaired) electrons.